The highest BCUT2D eigenvalue weighted by atomic mass is 79.9. The van der Waals surface area contributed by atoms with E-state index in [0.717, 1.165) is 9.37 Å². The standard InChI is InChI=1S/C17H17BrN2O3S/c1-11(21)19-15-8-5-13(23-2)9-16(15)20-17(22)10-24-14-6-3-12(18)4-7-14/h3-9H,10H2,1-2H3,(H,19,21)(H,20,22). The number of amides is 2. The largest absolute Gasteiger partial charge is 0.497 e. The smallest absolute Gasteiger partial charge is 0.234 e. The van der Waals surface area contributed by atoms with E-state index in [-0.39, 0.29) is 17.6 Å². The Bertz CT molecular complexity index is 735. The average Bonchev–Trinajstić information content (AvgIpc) is 2.55. The molecule has 7 heteroatoms. The Morgan fingerprint density at radius 2 is 1.79 bits per heavy atom. The summed E-state index contributed by atoms with van der Waals surface area (Å²) in [7, 11) is 1.54. The van der Waals surface area contributed by atoms with Crippen LogP contribution in [0.25, 0.3) is 0 Å². The van der Waals surface area contributed by atoms with Crippen molar-refractivity contribution in [2.45, 2.75) is 11.8 Å². The first-order chi connectivity index (χ1) is 11.5. The number of hydrogen-bond donors (Lipinski definition) is 2. The lowest BCUT2D eigenvalue weighted by Crippen LogP contribution is -2.16. The fourth-order valence-electron chi connectivity index (χ4n) is 1.92. The second kappa shape index (κ2) is 8.75. The van der Waals surface area contributed by atoms with E-state index in [9.17, 15) is 9.59 Å². The van der Waals surface area contributed by atoms with E-state index in [4.69, 9.17) is 4.74 Å². The average molecular weight is 409 g/mol. The quantitative estimate of drug-likeness (QED) is 0.704. The van der Waals surface area contributed by atoms with Gasteiger partial charge in [-0.2, -0.15) is 0 Å². The molecule has 0 aliphatic carbocycles. The van der Waals surface area contributed by atoms with Crippen LogP contribution in [0.1, 0.15) is 6.92 Å². The first-order valence-corrected chi connectivity index (χ1v) is 8.89. The van der Waals surface area contributed by atoms with Gasteiger partial charge in [-0.1, -0.05) is 15.9 Å². The zero-order valence-electron chi connectivity index (χ0n) is 13.3. The number of carbonyl (C=O) groups excluding carboxylic acids is 2. The fraction of sp³-hybridized carbons (Fsp3) is 0.176. The predicted molar refractivity (Wildman–Crippen MR) is 101 cm³/mol. The molecule has 2 N–H and O–H groups in total. The van der Waals surface area contributed by atoms with Crippen LogP contribution in [0, 0.1) is 0 Å². The number of benzene rings is 2. The summed E-state index contributed by atoms with van der Waals surface area (Å²) in [5, 5.41) is 5.50. The molecule has 5 nitrogen and oxygen atoms in total. The van der Waals surface area contributed by atoms with Crippen LogP contribution in [0.5, 0.6) is 5.75 Å². The van der Waals surface area contributed by atoms with Gasteiger partial charge < -0.3 is 15.4 Å². The van der Waals surface area contributed by atoms with Gasteiger partial charge in [0.15, 0.2) is 0 Å². The predicted octanol–water partition coefficient (Wildman–Crippen LogP) is 4.15. The van der Waals surface area contributed by atoms with E-state index < -0.39 is 0 Å². The van der Waals surface area contributed by atoms with Gasteiger partial charge in [0.25, 0.3) is 0 Å². The van der Waals surface area contributed by atoms with Crippen LogP contribution in [0.4, 0.5) is 11.4 Å². The van der Waals surface area contributed by atoms with Crippen LogP contribution in [-0.4, -0.2) is 24.7 Å². The van der Waals surface area contributed by atoms with Crippen molar-refractivity contribution in [3.05, 3.63) is 46.9 Å². The number of halogens is 1. The normalized spacial score (nSPS) is 10.1. The molecule has 0 aliphatic heterocycles. The molecule has 2 amide bonds. The third kappa shape index (κ3) is 5.58. The van der Waals surface area contributed by atoms with E-state index in [2.05, 4.69) is 26.6 Å². The third-order valence-electron chi connectivity index (χ3n) is 3.00. The van der Waals surface area contributed by atoms with E-state index in [0.29, 0.717) is 17.1 Å². The number of thioether (sulfide) groups is 1. The minimum Gasteiger partial charge on any atom is -0.497 e. The Morgan fingerprint density at radius 3 is 2.42 bits per heavy atom. The molecule has 0 atom stereocenters. The molecular weight excluding hydrogens is 392 g/mol. The van der Waals surface area contributed by atoms with Gasteiger partial charge in [0.2, 0.25) is 11.8 Å². The summed E-state index contributed by atoms with van der Waals surface area (Å²) in [6.45, 7) is 1.42. The lowest BCUT2D eigenvalue weighted by molar-refractivity contribution is -0.115. The number of nitrogens with one attached hydrogen (secondary N) is 2. The second-order valence-corrected chi connectivity index (χ2v) is 6.85. The molecule has 2 aromatic carbocycles. The first-order valence-electron chi connectivity index (χ1n) is 7.12. The maximum absolute atomic E-state index is 12.2. The van der Waals surface area contributed by atoms with Crippen LogP contribution in [-0.2, 0) is 9.59 Å². The summed E-state index contributed by atoms with van der Waals surface area (Å²) in [4.78, 5) is 24.5. The van der Waals surface area contributed by atoms with Crippen molar-refractivity contribution in [2.75, 3.05) is 23.5 Å². The molecule has 2 rings (SSSR count). The Balaban J connectivity index is 2.03. The number of hydrogen-bond acceptors (Lipinski definition) is 4. The molecule has 0 saturated heterocycles. The highest BCUT2D eigenvalue weighted by Gasteiger charge is 2.10. The fourth-order valence-corrected chi connectivity index (χ4v) is 2.88. The van der Waals surface area contributed by atoms with E-state index >= 15 is 0 Å². The summed E-state index contributed by atoms with van der Waals surface area (Å²) in [5.74, 6) is 0.487. The van der Waals surface area contributed by atoms with Crippen molar-refractivity contribution in [3.8, 4) is 5.75 Å². The number of methoxy groups -OCH3 is 1. The maximum atomic E-state index is 12.2. The van der Waals surface area contributed by atoms with Crippen LogP contribution in [0.2, 0.25) is 0 Å². The second-order valence-electron chi connectivity index (χ2n) is 4.88. The summed E-state index contributed by atoms with van der Waals surface area (Å²) < 4.78 is 6.16. The van der Waals surface area contributed by atoms with E-state index in [1.807, 2.05) is 24.3 Å². The Labute approximate surface area is 153 Å². The van der Waals surface area contributed by atoms with Crippen molar-refractivity contribution in [1.29, 1.82) is 0 Å². The molecular formula is C17H17BrN2O3S. The molecule has 126 valence electrons. The Morgan fingerprint density at radius 1 is 1.08 bits per heavy atom. The molecule has 0 saturated carbocycles. The molecule has 0 unspecified atom stereocenters. The molecule has 0 heterocycles. The molecule has 0 aromatic heterocycles. The van der Waals surface area contributed by atoms with Gasteiger partial charge in [-0.25, -0.2) is 0 Å². The van der Waals surface area contributed by atoms with Crippen molar-refractivity contribution in [3.63, 3.8) is 0 Å². The van der Waals surface area contributed by atoms with Gasteiger partial charge in [-0.15, -0.1) is 11.8 Å². The molecule has 0 fully saturated rings. The Hall–Kier alpha value is -1.99. The maximum Gasteiger partial charge on any atom is 0.234 e. The summed E-state index contributed by atoms with van der Waals surface area (Å²) in [5.41, 5.74) is 1.04. The molecule has 0 radical (unpaired) electrons. The monoisotopic (exact) mass is 408 g/mol. The van der Waals surface area contributed by atoms with E-state index in [1.165, 1.54) is 18.7 Å². The van der Waals surface area contributed by atoms with Crippen molar-refractivity contribution < 1.29 is 14.3 Å². The van der Waals surface area contributed by atoms with Crippen molar-refractivity contribution >= 4 is 50.9 Å². The van der Waals surface area contributed by atoms with Gasteiger partial charge in [-0.05, 0) is 36.4 Å². The number of anilines is 2. The highest BCUT2D eigenvalue weighted by molar-refractivity contribution is 9.10. The molecule has 0 bridgehead atoms. The summed E-state index contributed by atoms with van der Waals surface area (Å²) in [6.07, 6.45) is 0. The minimum absolute atomic E-state index is 0.164. The minimum atomic E-state index is -0.208. The number of rotatable bonds is 6. The van der Waals surface area contributed by atoms with Crippen molar-refractivity contribution in [1.82, 2.24) is 0 Å². The van der Waals surface area contributed by atoms with Crippen molar-refractivity contribution in [2.24, 2.45) is 0 Å². The molecule has 0 aliphatic rings. The van der Waals surface area contributed by atoms with Gasteiger partial charge in [-0.3, -0.25) is 9.59 Å². The molecule has 2 aromatic rings. The zero-order chi connectivity index (χ0) is 17.5. The van der Waals surface area contributed by atoms with Crippen LogP contribution in [0.3, 0.4) is 0 Å². The van der Waals surface area contributed by atoms with Crippen LogP contribution in [0.15, 0.2) is 51.8 Å². The summed E-state index contributed by atoms with van der Waals surface area (Å²) in [6, 6.07) is 12.8. The third-order valence-corrected chi connectivity index (χ3v) is 4.54. The van der Waals surface area contributed by atoms with Gasteiger partial charge in [0.05, 0.1) is 24.2 Å². The first kappa shape index (κ1) is 18.4. The lowest BCUT2D eigenvalue weighted by Gasteiger charge is -2.13. The number of carbonyl (C=O) groups is 2. The van der Waals surface area contributed by atoms with Gasteiger partial charge >= 0.3 is 0 Å². The van der Waals surface area contributed by atoms with E-state index in [1.54, 1.807) is 25.3 Å². The summed E-state index contributed by atoms with van der Waals surface area (Å²) >= 11 is 4.81. The SMILES string of the molecule is COc1ccc(NC(C)=O)c(NC(=O)CSc2ccc(Br)cc2)c1. The topological polar surface area (TPSA) is 67.4 Å². The van der Waals surface area contributed by atoms with Gasteiger partial charge in [0.1, 0.15) is 5.75 Å². The molecule has 24 heavy (non-hydrogen) atoms. The zero-order valence-corrected chi connectivity index (χ0v) is 15.7. The highest BCUT2D eigenvalue weighted by Crippen LogP contribution is 2.28. The lowest BCUT2D eigenvalue weighted by atomic mass is 10.2. The number of ether oxygens (including phenoxy) is 1. The van der Waals surface area contributed by atoms with Crippen LogP contribution < -0.4 is 15.4 Å². The van der Waals surface area contributed by atoms with Gasteiger partial charge in [0, 0.05) is 22.4 Å². The molecule has 0 spiro atoms. The van der Waals surface area contributed by atoms with Crippen LogP contribution >= 0.6 is 27.7 Å². The Kier molecular flexibility index (Phi) is 6.69.